The summed E-state index contributed by atoms with van der Waals surface area (Å²) in [6.07, 6.45) is 1.87. The van der Waals surface area contributed by atoms with Crippen LogP contribution in [0.2, 0.25) is 0 Å². The van der Waals surface area contributed by atoms with E-state index in [1.807, 2.05) is 30.3 Å². The maximum Gasteiger partial charge on any atom is 0.251 e. The molecule has 1 aliphatic heterocycles. The third kappa shape index (κ3) is 3.62. The van der Waals surface area contributed by atoms with Gasteiger partial charge in [-0.1, -0.05) is 36.4 Å². The van der Waals surface area contributed by atoms with Crippen molar-refractivity contribution >= 4 is 11.8 Å². The molecule has 1 N–H and O–H groups in total. The van der Waals surface area contributed by atoms with E-state index in [2.05, 4.69) is 5.32 Å². The van der Waals surface area contributed by atoms with E-state index >= 15 is 0 Å². The molecule has 2 aromatic carbocycles. The highest BCUT2D eigenvalue weighted by molar-refractivity contribution is 5.96. The van der Waals surface area contributed by atoms with Crippen LogP contribution in [0.3, 0.4) is 0 Å². The Bertz CT molecular complexity index is 733. The van der Waals surface area contributed by atoms with Crippen molar-refractivity contribution in [2.24, 2.45) is 0 Å². The maximum atomic E-state index is 13.2. The second-order valence-corrected chi connectivity index (χ2v) is 5.85. The number of nitrogens with one attached hydrogen (secondary N) is 1. The molecule has 1 heterocycles. The van der Waals surface area contributed by atoms with E-state index < -0.39 is 11.7 Å². The Morgan fingerprint density at radius 1 is 1.12 bits per heavy atom. The van der Waals surface area contributed by atoms with Crippen LogP contribution >= 0.6 is 0 Å². The predicted octanol–water partition coefficient (Wildman–Crippen LogP) is 2.92. The summed E-state index contributed by atoms with van der Waals surface area (Å²) in [6, 6.07) is 15.4. The minimum absolute atomic E-state index is 0.0600. The number of hydrogen-bond acceptors (Lipinski definition) is 2. The highest BCUT2D eigenvalue weighted by Crippen LogP contribution is 2.31. The van der Waals surface area contributed by atoms with Crippen molar-refractivity contribution in [2.75, 3.05) is 13.1 Å². The smallest absolute Gasteiger partial charge is 0.251 e. The lowest BCUT2D eigenvalue weighted by molar-refractivity contribution is -0.131. The van der Waals surface area contributed by atoms with Crippen molar-refractivity contribution in [3.8, 4) is 0 Å². The van der Waals surface area contributed by atoms with Crippen molar-refractivity contribution in [1.29, 1.82) is 0 Å². The van der Waals surface area contributed by atoms with Gasteiger partial charge >= 0.3 is 0 Å². The molecule has 0 radical (unpaired) electrons. The van der Waals surface area contributed by atoms with Crippen LogP contribution in [0.25, 0.3) is 0 Å². The second kappa shape index (κ2) is 7.25. The number of carbonyl (C=O) groups is 2. The summed E-state index contributed by atoms with van der Waals surface area (Å²) in [7, 11) is 0. The van der Waals surface area contributed by atoms with Gasteiger partial charge in [-0.2, -0.15) is 0 Å². The molecule has 1 atom stereocenters. The fourth-order valence-electron chi connectivity index (χ4n) is 3.08. The van der Waals surface area contributed by atoms with E-state index in [0.29, 0.717) is 6.54 Å². The minimum atomic E-state index is -0.474. The van der Waals surface area contributed by atoms with Gasteiger partial charge in [-0.05, 0) is 36.6 Å². The molecule has 0 spiro atoms. The molecule has 2 aromatic rings. The molecule has 4 nitrogen and oxygen atoms in total. The Morgan fingerprint density at radius 2 is 1.92 bits per heavy atom. The van der Waals surface area contributed by atoms with Gasteiger partial charge in [0.15, 0.2) is 0 Å². The highest BCUT2D eigenvalue weighted by atomic mass is 19.1. The third-order valence-electron chi connectivity index (χ3n) is 4.24. The number of halogens is 1. The molecule has 1 fully saturated rings. The molecule has 5 heteroatoms. The summed E-state index contributed by atoms with van der Waals surface area (Å²) >= 11 is 0. The number of benzene rings is 2. The molecule has 24 heavy (non-hydrogen) atoms. The first-order valence-electron chi connectivity index (χ1n) is 8.03. The van der Waals surface area contributed by atoms with Crippen LogP contribution < -0.4 is 5.32 Å². The van der Waals surface area contributed by atoms with Crippen LogP contribution in [0.5, 0.6) is 0 Å². The summed E-state index contributed by atoms with van der Waals surface area (Å²) in [5, 5.41) is 2.58. The lowest BCUT2D eigenvalue weighted by Gasteiger charge is -2.25. The Labute approximate surface area is 140 Å². The van der Waals surface area contributed by atoms with Crippen LogP contribution in [-0.4, -0.2) is 29.8 Å². The van der Waals surface area contributed by atoms with Crippen LogP contribution in [-0.2, 0) is 4.79 Å². The lowest BCUT2D eigenvalue weighted by atomic mass is 10.0. The first kappa shape index (κ1) is 16.2. The lowest BCUT2D eigenvalue weighted by Crippen LogP contribution is -2.39. The zero-order valence-electron chi connectivity index (χ0n) is 13.2. The zero-order valence-corrected chi connectivity index (χ0v) is 13.2. The van der Waals surface area contributed by atoms with Gasteiger partial charge in [-0.25, -0.2) is 4.39 Å². The Kier molecular flexibility index (Phi) is 4.89. The number of rotatable bonds is 4. The van der Waals surface area contributed by atoms with E-state index in [4.69, 9.17) is 0 Å². The monoisotopic (exact) mass is 326 g/mol. The first-order valence-corrected chi connectivity index (χ1v) is 8.03. The van der Waals surface area contributed by atoms with Gasteiger partial charge in [0.1, 0.15) is 5.82 Å². The summed E-state index contributed by atoms with van der Waals surface area (Å²) in [5.74, 6) is -1.04. The average Bonchev–Trinajstić information content (AvgIpc) is 3.10. The van der Waals surface area contributed by atoms with E-state index in [-0.39, 0.29) is 24.1 Å². The van der Waals surface area contributed by atoms with E-state index in [0.717, 1.165) is 24.5 Å². The second-order valence-electron chi connectivity index (χ2n) is 5.85. The molecule has 0 saturated carbocycles. The normalized spacial score (nSPS) is 16.9. The maximum absolute atomic E-state index is 13.2. The predicted molar refractivity (Wildman–Crippen MR) is 88.9 cm³/mol. The van der Waals surface area contributed by atoms with Crippen molar-refractivity contribution in [3.05, 3.63) is 71.5 Å². The standard InChI is InChI=1S/C19H19FN2O2/c20-16-9-4-8-15(12-16)19(24)21-13-18(23)22-11-5-10-17(22)14-6-2-1-3-7-14/h1-4,6-9,12,17H,5,10-11,13H2,(H,21,24). The van der Waals surface area contributed by atoms with Gasteiger partial charge in [0, 0.05) is 12.1 Å². The van der Waals surface area contributed by atoms with Gasteiger partial charge < -0.3 is 10.2 Å². The summed E-state index contributed by atoms with van der Waals surface area (Å²) in [6.45, 7) is 0.604. The topological polar surface area (TPSA) is 49.4 Å². The van der Waals surface area contributed by atoms with Crippen LogP contribution in [0.1, 0.15) is 34.8 Å². The minimum Gasteiger partial charge on any atom is -0.343 e. The average molecular weight is 326 g/mol. The molecule has 0 bridgehead atoms. The number of carbonyl (C=O) groups excluding carboxylic acids is 2. The third-order valence-corrected chi connectivity index (χ3v) is 4.24. The van der Waals surface area contributed by atoms with Crippen molar-refractivity contribution in [2.45, 2.75) is 18.9 Å². The number of hydrogen-bond donors (Lipinski definition) is 1. The SMILES string of the molecule is O=C(NCC(=O)N1CCCC1c1ccccc1)c1cccc(F)c1. The van der Waals surface area contributed by atoms with E-state index in [1.165, 1.54) is 18.2 Å². The molecule has 3 rings (SSSR count). The van der Waals surface area contributed by atoms with Gasteiger partial charge in [-0.15, -0.1) is 0 Å². The number of amides is 2. The molecule has 1 aliphatic rings. The Balaban J connectivity index is 1.61. The molecule has 124 valence electrons. The molecule has 1 unspecified atom stereocenters. The van der Waals surface area contributed by atoms with Crippen LogP contribution in [0, 0.1) is 5.82 Å². The van der Waals surface area contributed by atoms with Gasteiger partial charge in [0.05, 0.1) is 12.6 Å². The molecule has 0 aromatic heterocycles. The highest BCUT2D eigenvalue weighted by Gasteiger charge is 2.29. The summed E-state index contributed by atoms with van der Waals surface area (Å²) in [4.78, 5) is 26.3. The summed E-state index contributed by atoms with van der Waals surface area (Å²) in [5.41, 5.74) is 1.32. The number of nitrogens with zero attached hydrogens (tertiary/aromatic N) is 1. The van der Waals surface area contributed by atoms with Crippen molar-refractivity contribution < 1.29 is 14.0 Å². The van der Waals surface area contributed by atoms with E-state index in [1.54, 1.807) is 4.90 Å². The summed E-state index contributed by atoms with van der Waals surface area (Å²) < 4.78 is 13.2. The largest absolute Gasteiger partial charge is 0.343 e. The Hall–Kier alpha value is -2.69. The number of likely N-dealkylation sites (tertiary alicyclic amines) is 1. The van der Waals surface area contributed by atoms with Crippen LogP contribution in [0.15, 0.2) is 54.6 Å². The first-order chi connectivity index (χ1) is 11.6. The van der Waals surface area contributed by atoms with E-state index in [9.17, 15) is 14.0 Å². The molecule has 1 saturated heterocycles. The zero-order chi connectivity index (χ0) is 16.9. The fourth-order valence-corrected chi connectivity index (χ4v) is 3.08. The molecular weight excluding hydrogens is 307 g/mol. The van der Waals surface area contributed by atoms with Gasteiger partial charge in [-0.3, -0.25) is 9.59 Å². The Morgan fingerprint density at radius 3 is 2.67 bits per heavy atom. The van der Waals surface area contributed by atoms with Gasteiger partial charge in [0.2, 0.25) is 5.91 Å². The van der Waals surface area contributed by atoms with Crippen LogP contribution in [0.4, 0.5) is 4.39 Å². The molecule has 0 aliphatic carbocycles. The quantitative estimate of drug-likeness (QED) is 0.939. The molecular formula is C19H19FN2O2. The van der Waals surface area contributed by atoms with Crippen molar-refractivity contribution in [3.63, 3.8) is 0 Å². The van der Waals surface area contributed by atoms with Gasteiger partial charge in [0.25, 0.3) is 5.91 Å². The fraction of sp³-hybridized carbons (Fsp3) is 0.263. The molecule has 2 amide bonds. The van der Waals surface area contributed by atoms with Crippen molar-refractivity contribution in [1.82, 2.24) is 10.2 Å².